The Morgan fingerprint density at radius 2 is 1.79 bits per heavy atom. The zero-order valence-electron chi connectivity index (χ0n) is 16.9. The molecule has 1 amide bonds. The lowest BCUT2D eigenvalue weighted by Gasteiger charge is -2.31. The lowest BCUT2D eigenvalue weighted by atomic mass is 10.1. The fourth-order valence-electron chi connectivity index (χ4n) is 2.80. The second-order valence-corrected chi connectivity index (χ2v) is 5.68. The van der Waals surface area contributed by atoms with E-state index in [0.29, 0.717) is 11.3 Å². The van der Waals surface area contributed by atoms with E-state index in [0.717, 1.165) is 12.1 Å². The second kappa shape index (κ2) is 9.66. The molecule has 1 aliphatic heterocycles. The summed E-state index contributed by atoms with van der Waals surface area (Å²) in [5.41, 5.74) is -0.838. The summed E-state index contributed by atoms with van der Waals surface area (Å²) in [5.74, 6) is -0.417. The fourth-order valence-corrected chi connectivity index (χ4v) is 2.80. The van der Waals surface area contributed by atoms with E-state index in [1.54, 1.807) is 17.8 Å². The number of aryl methyl sites for hydroxylation is 1. The molecular weight excluding hydrogens is 376 g/mol. The Morgan fingerprint density at radius 3 is 2.32 bits per heavy atom. The Labute approximate surface area is 162 Å². The average Bonchev–Trinajstić information content (AvgIpc) is 3.09. The van der Waals surface area contributed by atoms with Crippen LogP contribution in [0.15, 0.2) is 18.3 Å². The molecule has 2 aromatic heterocycles. The van der Waals surface area contributed by atoms with Gasteiger partial charge in [0.15, 0.2) is 0 Å². The van der Waals surface area contributed by atoms with Gasteiger partial charge in [0.25, 0.3) is 5.91 Å². The molecule has 156 valence electrons. The van der Waals surface area contributed by atoms with Gasteiger partial charge in [-0.1, -0.05) is 27.7 Å². The van der Waals surface area contributed by atoms with E-state index in [2.05, 4.69) is 10.1 Å². The molecule has 0 radical (unpaired) electrons. The number of carbonyl (C=O) groups excluding carboxylic acids is 1. The van der Waals surface area contributed by atoms with Crippen LogP contribution < -0.4 is 4.90 Å². The minimum absolute atomic E-state index is 0.000602. The number of pyridine rings is 1. The molecule has 3 rings (SSSR count). The van der Waals surface area contributed by atoms with Crippen LogP contribution in [0.3, 0.4) is 0 Å². The highest BCUT2D eigenvalue weighted by atomic mass is 19.4. The molecule has 3 heterocycles. The van der Waals surface area contributed by atoms with Gasteiger partial charge in [0.2, 0.25) is 0 Å². The maximum atomic E-state index is 13.0. The predicted octanol–water partition coefficient (Wildman–Crippen LogP) is 5.35. The molecule has 0 bridgehead atoms. The summed E-state index contributed by atoms with van der Waals surface area (Å²) in [6.45, 7) is 10.4. The van der Waals surface area contributed by atoms with Crippen molar-refractivity contribution in [2.24, 2.45) is 0 Å². The number of alkyl halides is 4. The Bertz CT molecular complexity index is 802. The highest BCUT2D eigenvalue weighted by Crippen LogP contribution is 2.34. The molecule has 5 nitrogen and oxygen atoms in total. The van der Waals surface area contributed by atoms with Gasteiger partial charge >= 0.3 is 6.18 Å². The van der Waals surface area contributed by atoms with Gasteiger partial charge in [-0.25, -0.2) is 9.37 Å². The number of anilines is 1. The summed E-state index contributed by atoms with van der Waals surface area (Å²) in [4.78, 5) is 17.6. The van der Waals surface area contributed by atoms with Gasteiger partial charge in [0.05, 0.1) is 23.5 Å². The Kier molecular flexibility index (Phi) is 8.14. The normalized spacial score (nSPS) is 15.9. The molecule has 1 aliphatic rings. The van der Waals surface area contributed by atoms with Crippen LogP contribution in [0.25, 0.3) is 0 Å². The monoisotopic (exact) mass is 402 g/mol. The molecule has 0 unspecified atom stereocenters. The van der Waals surface area contributed by atoms with Crippen LogP contribution in [0, 0.1) is 6.92 Å². The highest BCUT2D eigenvalue weighted by molar-refractivity contribution is 6.06. The van der Waals surface area contributed by atoms with Crippen LogP contribution in [0.2, 0.25) is 0 Å². The van der Waals surface area contributed by atoms with Gasteiger partial charge in [-0.05, 0) is 26.0 Å². The number of hydrogen-bond acceptors (Lipinski definition) is 3. The summed E-state index contributed by atoms with van der Waals surface area (Å²) in [6.07, 6.45) is -3.14. The molecule has 0 fully saturated rings. The standard InChI is InChI=1S/C15H14F4N4O.2C2H6/c1-8-6-20-23-9(2)7-22(14(24)13(8)23)12-4-3-10(15(17,18)19)11(5-16)21-12;2*1-2/h3-4,6,9H,5,7H2,1-2H3;2*1-2H3/t9-;;/m0../s1. The number of rotatable bonds is 2. The van der Waals surface area contributed by atoms with Gasteiger partial charge in [0.1, 0.15) is 18.2 Å². The Morgan fingerprint density at radius 1 is 1.18 bits per heavy atom. The van der Waals surface area contributed by atoms with Gasteiger partial charge in [0, 0.05) is 12.1 Å². The highest BCUT2D eigenvalue weighted by Gasteiger charge is 2.36. The molecule has 0 spiro atoms. The smallest absolute Gasteiger partial charge is 0.289 e. The average molecular weight is 402 g/mol. The van der Waals surface area contributed by atoms with Crippen molar-refractivity contribution >= 4 is 11.7 Å². The van der Waals surface area contributed by atoms with Crippen LogP contribution in [-0.2, 0) is 12.9 Å². The third-order valence-corrected chi connectivity index (χ3v) is 3.96. The van der Waals surface area contributed by atoms with Crippen molar-refractivity contribution in [3.63, 3.8) is 0 Å². The van der Waals surface area contributed by atoms with E-state index in [1.807, 2.05) is 34.6 Å². The van der Waals surface area contributed by atoms with Crippen LogP contribution in [-0.4, -0.2) is 27.2 Å². The Hall–Kier alpha value is -2.45. The number of hydrogen-bond donors (Lipinski definition) is 0. The first-order valence-corrected chi connectivity index (χ1v) is 9.23. The first-order valence-electron chi connectivity index (χ1n) is 9.23. The van der Waals surface area contributed by atoms with E-state index in [-0.39, 0.29) is 18.4 Å². The molecule has 2 aromatic rings. The third-order valence-electron chi connectivity index (χ3n) is 3.96. The maximum absolute atomic E-state index is 13.0. The van der Waals surface area contributed by atoms with Crippen molar-refractivity contribution in [1.82, 2.24) is 14.8 Å². The van der Waals surface area contributed by atoms with Crippen molar-refractivity contribution in [1.29, 1.82) is 0 Å². The van der Waals surface area contributed by atoms with Crippen molar-refractivity contribution in [3.05, 3.63) is 40.8 Å². The van der Waals surface area contributed by atoms with E-state index >= 15 is 0 Å². The van der Waals surface area contributed by atoms with Crippen molar-refractivity contribution in [2.45, 2.75) is 60.4 Å². The number of aromatic nitrogens is 3. The first-order chi connectivity index (χ1) is 13.2. The SMILES string of the molecule is CC.CC.Cc1cnn2c1C(=O)N(c1ccc(C(F)(F)F)c(CF)n1)C[C@@H]2C. The third kappa shape index (κ3) is 4.51. The fraction of sp³-hybridized carbons (Fsp3) is 0.526. The van der Waals surface area contributed by atoms with Gasteiger partial charge in [-0.2, -0.15) is 18.3 Å². The van der Waals surface area contributed by atoms with Crippen LogP contribution >= 0.6 is 0 Å². The summed E-state index contributed by atoms with van der Waals surface area (Å²) in [6, 6.07) is 1.67. The minimum atomic E-state index is -4.69. The first kappa shape index (κ1) is 23.6. The summed E-state index contributed by atoms with van der Waals surface area (Å²) in [5, 5.41) is 4.14. The number of amides is 1. The summed E-state index contributed by atoms with van der Waals surface area (Å²) < 4.78 is 53.2. The quantitative estimate of drug-likeness (QED) is 0.637. The number of nitrogens with zero attached hydrogens (tertiary/aromatic N) is 4. The lowest BCUT2D eigenvalue weighted by molar-refractivity contribution is -0.138. The summed E-state index contributed by atoms with van der Waals surface area (Å²) >= 11 is 0. The van der Waals surface area contributed by atoms with Crippen LogP contribution in [0.4, 0.5) is 23.4 Å². The predicted molar refractivity (Wildman–Crippen MR) is 100 cm³/mol. The number of fused-ring (bicyclic) bond motifs is 1. The van der Waals surface area contributed by atoms with Crippen LogP contribution in [0.5, 0.6) is 0 Å². The maximum Gasteiger partial charge on any atom is 0.418 e. The van der Waals surface area contributed by atoms with Gasteiger partial charge in [-0.3, -0.25) is 14.4 Å². The molecule has 0 aliphatic carbocycles. The second-order valence-electron chi connectivity index (χ2n) is 5.68. The largest absolute Gasteiger partial charge is 0.418 e. The zero-order chi connectivity index (χ0) is 21.6. The topological polar surface area (TPSA) is 51.0 Å². The molecule has 0 saturated carbocycles. The number of carbonyl (C=O) groups is 1. The molecule has 0 N–H and O–H groups in total. The molecule has 0 saturated heterocycles. The minimum Gasteiger partial charge on any atom is -0.289 e. The van der Waals surface area contributed by atoms with Gasteiger partial charge in [-0.15, -0.1) is 0 Å². The molecule has 28 heavy (non-hydrogen) atoms. The number of halogens is 4. The molecule has 1 atom stereocenters. The Balaban J connectivity index is 0.000000921. The van der Waals surface area contributed by atoms with E-state index in [9.17, 15) is 22.4 Å². The van der Waals surface area contributed by atoms with E-state index in [1.165, 1.54) is 4.90 Å². The molecule has 9 heteroatoms. The van der Waals surface area contributed by atoms with Crippen molar-refractivity contribution in [2.75, 3.05) is 11.4 Å². The molecule has 0 aromatic carbocycles. The van der Waals surface area contributed by atoms with Crippen LogP contribution in [0.1, 0.15) is 68.0 Å². The zero-order valence-corrected chi connectivity index (χ0v) is 16.9. The van der Waals surface area contributed by atoms with Crippen molar-refractivity contribution in [3.8, 4) is 0 Å². The summed E-state index contributed by atoms with van der Waals surface area (Å²) in [7, 11) is 0. The van der Waals surface area contributed by atoms with Crippen molar-refractivity contribution < 1.29 is 22.4 Å². The van der Waals surface area contributed by atoms with E-state index in [4.69, 9.17) is 0 Å². The lowest BCUT2D eigenvalue weighted by Crippen LogP contribution is -2.43. The van der Waals surface area contributed by atoms with Gasteiger partial charge < -0.3 is 0 Å². The molecular formula is C19H26F4N4O. The van der Waals surface area contributed by atoms with E-state index < -0.39 is 30.0 Å².